The van der Waals surface area contributed by atoms with Crippen LogP contribution in [0.3, 0.4) is 0 Å². The molecule has 0 spiro atoms. The summed E-state index contributed by atoms with van der Waals surface area (Å²) < 4.78 is 5.96. The molecule has 112 valence electrons. The summed E-state index contributed by atoms with van der Waals surface area (Å²) in [6.07, 6.45) is 8.43. The van der Waals surface area contributed by atoms with Crippen molar-refractivity contribution in [3.8, 4) is 5.88 Å². The highest BCUT2D eigenvalue weighted by atomic mass is 32.2. The molecule has 20 heavy (non-hydrogen) atoms. The highest BCUT2D eigenvalue weighted by Gasteiger charge is 2.32. The molecule has 0 amide bonds. The lowest BCUT2D eigenvalue weighted by Crippen LogP contribution is -2.30. The Labute approximate surface area is 126 Å². The average molecular weight is 295 g/mol. The predicted molar refractivity (Wildman–Crippen MR) is 85.8 cm³/mol. The van der Waals surface area contributed by atoms with E-state index in [-0.39, 0.29) is 0 Å². The molecule has 0 aliphatic heterocycles. The zero-order valence-electron chi connectivity index (χ0n) is 12.7. The molecule has 0 unspecified atom stereocenters. The van der Waals surface area contributed by atoms with E-state index >= 15 is 0 Å². The molecule has 0 radical (unpaired) electrons. The second-order valence-electron chi connectivity index (χ2n) is 5.47. The molecule has 1 N–H and O–H groups in total. The van der Waals surface area contributed by atoms with Gasteiger partial charge in [0.25, 0.3) is 0 Å². The van der Waals surface area contributed by atoms with Crippen molar-refractivity contribution < 1.29 is 4.74 Å². The molecule has 1 saturated carbocycles. The number of hydrogen-bond donors (Lipinski definition) is 1. The van der Waals surface area contributed by atoms with E-state index in [9.17, 15) is 0 Å². The van der Waals surface area contributed by atoms with Gasteiger partial charge in [0.05, 0.1) is 6.61 Å². The number of aryl methyl sites for hydroxylation is 1. The zero-order valence-corrected chi connectivity index (χ0v) is 13.6. The first-order chi connectivity index (χ1) is 9.67. The Morgan fingerprint density at radius 1 is 1.35 bits per heavy atom. The van der Waals surface area contributed by atoms with Crippen molar-refractivity contribution >= 4 is 17.7 Å². The average Bonchev–Trinajstić information content (AvgIpc) is 2.92. The minimum Gasteiger partial charge on any atom is -0.478 e. The van der Waals surface area contributed by atoms with E-state index in [2.05, 4.69) is 28.5 Å². The molecule has 1 aromatic rings. The fourth-order valence-electron chi connectivity index (χ4n) is 2.61. The molecule has 1 aromatic heterocycles. The lowest BCUT2D eigenvalue weighted by molar-refractivity contribution is 0.305. The van der Waals surface area contributed by atoms with Crippen LogP contribution < -0.4 is 10.1 Å². The molecular weight excluding hydrogens is 270 g/mol. The van der Waals surface area contributed by atoms with Crippen molar-refractivity contribution in [3.63, 3.8) is 0 Å². The number of aromatic nitrogens is 2. The maximum absolute atomic E-state index is 5.60. The van der Waals surface area contributed by atoms with Gasteiger partial charge in [-0.1, -0.05) is 19.8 Å². The van der Waals surface area contributed by atoms with Crippen molar-refractivity contribution in [2.24, 2.45) is 0 Å². The summed E-state index contributed by atoms with van der Waals surface area (Å²) in [5, 5.41) is 3.41. The van der Waals surface area contributed by atoms with Crippen LogP contribution in [0, 0.1) is 6.92 Å². The van der Waals surface area contributed by atoms with Crippen LogP contribution in [-0.4, -0.2) is 34.1 Å². The number of hydrogen-bond acceptors (Lipinski definition) is 5. The SMILES string of the molecule is CCCOc1cc(C)nc(NCC2(SC)CCCC2)n1. The summed E-state index contributed by atoms with van der Waals surface area (Å²) in [7, 11) is 0. The summed E-state index contributed by atoms with van der Waals surface area (Å²) in [6, 6.07) is 1.89. The van der Waals surface area contributed by atoms with E-state index in [1.165, 1.54) is 25.7 Å². The fourth-order valence-corrected chi connectivity index (χ4v) is 3.53. The number of thioether (sulfide) groups is 1. The van der Waals surface area contributed by atoms with Gasteiger partial charge in [0.1, 0.15) is 0 Å². The minimum absolute atomic E-state index is 0.359. The van der Waals surface area contributed by atoms with Crippen LogP contribution >= 0.6 is 11.8 Å². The Hall–Kier alpha value is -0.970. The molecule has 1 aliphatic rings. The van der Waals surface area contributed by atoms with Gasteiger partial charge < -0.3 is 10.1 Å². The maximum Gasteiger partial charge on any atom is 0.226 e. The van der Waals surface area contributed by atoms with Crippen LogP contribution in [0.2, 0.25) is 0 Å². The molecule has 2 rings (SSSR count). The zero-order chi connectivity index (χ0) is 14.4. The smallest absolute Gasteiger partial charge is 0.226 e. The van der Waals surface area contributed by atoms with Gasteiger partial charge in [0, 0.05) is 23.1 Å². The van der Waals surface area contributed by atoms with Crippen LogP contribution in [-0.2, 0) is 0 Å². The molecule has 1 fully saturated rings. The van der Waals surface area contributed by atoms with Crippen LogP contribution in [0.25, 0.3) is 0 Å². The van der Waals surface area contributed by atoms with Gasteiger partial charge in [-0.2, -0.15) is 16.7 Å². The molecule has 4 nitrogen and oxygen atoms in total. The van der Waals surface area contributed by atoms with Crippen LogP contribution in [0.1, 0.15) is 44.7 Å². The van der Waals surface area contributed by atoms with Crippen molar-refractivity contribution in [1.29, 1.82) is 0 Å². The normalized spacial score (nSPS) is 17.1. The molecule has 0 aromatic carbocycles. The van der Waals surface area contributed by atoms with Gasteiger partial charge in [-0.15, -0.1) is 0 Å². The van der Waals surface area contributed by atoms with E-state index in [0.29, 0.717) is 23.2 Å². The summed E-state index contributed by atoms with van der Waals surface area (Å²) >= 11 is 1.97. The second kappa shape index (κ2) is 7.16. The first-order valence-corrected chi connectivity index (χ1v) is 8.67. The lowest BCUT2D eigenvalue weighted by Gasteiger charge is -2.27. The van der Waals surface area contributed by atoms with Gasteiger partial charge in [-0.05, 0) is 32.4 Å². The Bertz CT molecular complexity index is 433. The molecular formula is C15H25N3OS. The summed E-state index contributed by atoms with van der Waals surface area (Å²) in [4.78, 5) is 8.90. The van der Waals surface area contributed by atoms with Crippen molar-refractivity contribution in [2.75, 3.05) is 24.7 Å². The van der Waals surface area contributed by atoms with Crippen molar-refractivity contribution in [2.45, 2.75) is 50.7 Å². The second-order valence-corrected chi connectivity index (χ2v) is 6.74. The van der Waals surface area contributed by atoms with Crippen molar-refractivity contribution in [3.05, 3.63) is 11.8 Å². The third-order valence-electron chi connectivity index (χ3n) is 3.80. The quantitative estimate of drug-likeness (QED) is 0.832. The fraction of sp³-hybridized carbons (Fsp3) is 0.733. The first kappa shape index (κ1) is 15.4. The van der Waals surface area contributed by atoms with Gasteiger partial charge in [-0.25, -0.2) is 4.98 Å². The Balaban J connectivity index is 1.99. The van der Waals surface area contributed by atoms with Crippen LogP contribution in [0.15, 0.2) is 6.07 Å². The minimum atomic E-state index is 0.359. The predicted octanol–water partition coefficient (Wildman–Crippen LogP) is 3.66. The van der Waals surface area contributed by atoms with Gasteiger partial charge in [0.15, 0.2) is 0 Å². The number of nitrogens with zero attached hydrogens (tertiary/aromatic N) is 2. The van der Waals surface area contributed by atoms with E-state index in [1.807, 2.05) is 24.8 Å². The summed E-state index contributed by atoms with van der Waals surface area (Å²) in [5.74, 6) is 1.36. The largest absolute Gasteiger partial charge is 0.478 e. The first-order valence-electron chi connectivity index (χ1n) is 7.45. The van der Waals surface area contributed by atoms with Crippen LogP contribution in [0.4, 0.5) is 5.95 Å². The topological polar surface area (TPSA) is 47.0 Å². The molecule has 0 saturated heterocycles. The number of nitrogens with one attached hydrogen (secondary N) is 1. The van der Waals surface area contributed by atoms with Gasteiger partial charge >= 0.3 is 0 Å². The summed E-state index contributed by atoms with van der Waals surface area (Å²) in [6.45, 7) is 5.70. The molecule has 5 heteroatoms. The Morgan fingerprint density at radius 2 is 2.10 bits per heavy atom. The molecule has 0 bridgehead atoms. The summed E-state index contributed by atoms with van der Waals surface area (Å²) in [5.41, 5.74) is 0.943. The number of ether oxygens (including phenoxy) is 1. The molecule has 1 aliphatic carbocycles. The van der Waals surface area contributed by atoms with E-state index in [4.69, 9.17) is 4.74 Å². The maximum atomic E-state index is 5.60. The molecule has 1 heterocycles. The number of rotatable bonds is 7. The van der Waals surface area contributed by atoms with Gasteiger partial charge in [-0.3, -0.25) is 0 Å². The van der Waals surface area contributed by atoms with E-state index in [0.717, 1.165) is 18.7 Å². The van der Waals surface area contributed by atoms with Crippen molar-refractivity contribution in [1.82, 2.24) is 9.97 Å². The third kappa shape index (κ3) is 4.01. The third-order valence-corrected chi connectivity index (χ3v) is 5.22. The monoisotopic (exact) mass is 295 g/mol. The standard InChI is InChI=1S/C15H25N3OS/c1-4-9-19-13-10-12(2)17-14(18-13)16-11-15(20-3)7-5-6-8-15/h10H,4-9,11H2,1-3H3,(H,16,17,18). The Morgan fingerprint density at radius 3 is 2.75 bits per heavy atom. The number of anilines is 1. The highest BCUT2D eigenvalue weighted by Crippen LogP contribution is 2.40. The van der Waals surface area contributed by atoms with Gasteiger partial charge in [0.2, 0.25) is 11.8 Å². The lowest BCUT2D eigenvalue weighted by atomic mass is 10.1. The van der Waals surface area contributed by atoms with E-state index < -0.39 is 0 Å². The van der Waals surface area contributed by atoms with E-state index in [1.54, 1.807) is 0 Å². The Kier molecular flexibility index (Phi) is 5.52. The van der Waals surface area contributed by atoms with Crippen LogP contribution in [0.5, 0.6) is 5.88 Å². The molecule has 0 atom stereocenters. The highest BCUT2D eigenvalue weighted by molar-refractivity contribution is 8.00.